The van der Waals surface area contributed by atoms with Gasteiger partial charge in [-0.3, -0.25) is 14.5 Å². The monoisotopic (exact) mass is 309 g/mol. The van der Waals surface area contributed by atoms with E-state index in [1.807, 2.05) is 0 Å². The van der Waals surface area contributed by atoms with Gasteiger partial charge >= 0.3 is 0 Å². The Morgan fingerprint density at radius 3 is 2.48 bits per heavy atom. The molecular formula is C13H6ClF2N3O2. The average Bonchev–Trinajstić information content (AvgIpc) is 2.67. The topological polar surface area (TPSA) is 63.2 Å². The Morgan fingerprint density at radius 2 is 1.81 bits per heavy atom. The summed E-state index contributed by atoms with van der Waals surface area (Å²) < 4.78 is 26.5. The molecule has 8 heteroatoms. The van der Waals surface area contributed by atoms with Gasteiger partial charge in [0.2, 0.25) is 0 Å². The smallest absolute Gasteiger partial charge is 0.299 e. The van der Waals surface area contributed by atoms with Crippen molar-refractivity contribution in [3.8, 4) is 0 Å². The Labute approximate surface area is 122 Å². The lowest BCUT2D eigenvalue weighted by atomic mass is 10.1. The lowest BCUT2D eigenvalue weighted by Gasteiger charge is -2.15. The molecule has 0 atom stereocenters. The first kappa shape index (κ1) is 13.6. The molecule has 1 aliphatic heterocycles. The number of hydrogen-bond acceptors (Lipinski definition) is 4. The predicted octanol–water partition coefficient (Wildman–Crippen LogP) is 2.14. The van der Waals surface area contributed by atoms with Crippen molar-refractivity contribution in [2.45, 2.75) is 6.54 Å². The summed E-state index contributed by atoms with van der Waals surface area (Å²) in [5.41, 5.74) is 0.208. The maximum absolute atomic E-state index is 13.3. The second-order valence-corrected chi connectivity index (χ2v) is 4.74. The fourth-order valence-electron chi connectivity index (χ4n) is 2.04. The van der Waals surface area contributed by atoms with Gasteiger partial charge in [0.25, 0.3) is 11.7 Å². The standard InChI is InChI=1S/C13H6ClF2N3O2/c14-11-2-1-6(17-18-11)5-19-10-4-9(16)8(15)3-7(10)12(20)13(19)21/h1-4H,5H2. The first-order valence-electron chi connectivity index (χ1n) is 5.80. The van der Waals surface area contributed by atoms with Crippen LogP contribution >= 0.6 is 11.6 Å². The highest BCUT2D eigenvalue weighted by atomic mass is 35.5. The summed E-state index contributed by atoms with van der Waals surface area (Å²) in [6, 6.07) is 4.53. The third-order valence-corrected chi connectivity index (χ3v) is 3.22. The SMILES string of the molecule is O=C1C(=O)N(Cc2ccc(Cl)nn2)c2cc(F)c(F)cc21. The molecule has 0 saturated carbocycles. The highest BCUT2D eigenvalue weighted by Gasteiger charge is 2.37. The van der Waals surface area contributed by atoms with Crippen molar-refractivity contribution in [3.63, 3.8) is 0 Å². The van der Waals surface area contributed by atoms with Gasteiger partial charge in [0.1, 0.15) is 0 Å². The van der Waals surface area contributed by atoms with E-state index in [1.54, 1.807) is 0 Å². The van der Waals surface area contributed by atoms with Crippen LogP contribution in [-0.2, 0) is 11.3 Å². The number of benzene rings is 1. The van der Waals surface area contributed by atoms with Crippen LogP contribution in [0.25, 0.3) is 0 Å². The molecule has 0 N–H and O–H groups in total. The molecule has 5 nitrogen and oxygen atoms in total. The Balaban J connectivity index is 2.01. The fourth-order valence-corrected chi connectivity index (χ4v) is 2.14. The molecule has 0 bridgehead atoms. The number of ketones is 1. The van der Waals surface area contributed by atoms with Gasteiger partial charge in [-0.2, -0.15) is 5.10 Å². The zero-order valence-electron chi connectivity index (χ0n) is 10.3. The molecular weight excluding hydrogens is 304 g/mol. The summed E-state index contributed by atoms with van der Waals surface area (Å²) in [5.74, 6) is -4.07. The van der Waals surface area contributed by atoms with Crippen molar-refractivity contribution >= 4 is 29.0 Å². The number of Topliss-reactive ketones (excluding diaryl/α,β-unsaturated/α-hetero) is 1. The van der Waals surface area contributed by atoms with E-state index in [0.29, 0.717) is 5.69 Å². The van der Waals surface area contributed by atoms with Gasteiger partial charge < -0.3 is 0 Å². The molecule has 0 aliphatic carbocycles. The van der Waals surface area contributed by atoms with Crippen LogP contribution in [0.4, 0.5) is 14.5 Å². The molecule has 3 rings (SSSR count). The number of anilines is 1. The van der Waals surface area contributed by atoms with Crippen molar-refractivity contribution in [3.05, 3.63) is 52.3 Å². The van der Waals surface area contributed by atoms with E-state index in [9.17, 15) is 18.4 Å². The van der Waals surface area contributed by atoms with Gasteiger partial charge in [-0.25, -0.2) is 8.78 Å². The van der Waals surface area contributed by atoms with Gasteiger partial charge in [-0.1, -0.05) is 11.6 Å². The first-order chi connectivity index (χ1) is 9.97. The summed E-state index contributed by atoms with van der Waals surface area (Å²) in [5, 5.41) is 7.55. The van der Waals surface area contributed by atoms with Crippen molar-refractivity contribution in [2.24, 2.45) is 0 Å². The predicted molar refractivity (Wildman–Crippen MR) is 68.9 cm³/mol. The van der Waals surface area contributed by atoms with Crippen molar-refractivity contribution in [1.82, 2.24) is 10.2 Å². The second-order valence-electron chi connectivity index (χ2n) is 4.35. The molecule has 0 radical (unpaired) electrons. The van der Waals surface area contributed by atoms with E-state index < -0.39 is 23.3 Å². The number of nitrogens with zero attached hydrogens (tertiary/aromatic N) is 3. The lowest BCUT2D eigenvalue weighted by Crippen LogP contribution is -2.29. The number of fused-ring (bicyclic) bond motifs is 1. The third-order valence-electron chi connectivity index (χ3n) is 3.02. The number of carbonyl (C=O) groups is 2. The summed E-state index contributed by atoms with van der Waals surface area (Å²) in [6.07, 6.45) is 0. The Kier molecular flexibility index (Phi) is 3.13. The number of rotatable bonds is 2. The van der Waals surface area contributed by atoms with Gasteiger partial charge in [-0.15, -0.1) is 5.10 Å². The largest absolute Gasteiger partial charge is 0.299 e. The fraction of sp³-hybridized carbons (Fsp3) is 0.0769. The first-order valence-corrected chi connectivity index (χ1v) is 6.18. The molecule has 0 unspecified atom stereocenters. The number of hydrogen-bond donors (Lipinski definition) is 0. The highest BCUT2D eigenvalue weighted by molar-refractivity contribution is 6.52. The summed E-state index contributed by atoms with van der Waals surface area (Å²) in [4.78, 5) is 24.7. The molecule has 21 heavy (non-hydrogen) atoms. The van der Waals surface area contributed by atoms with Crippen LogP contribution in [-0.4, -0.2) is 21.9 Å². The molecule has 2 heterocycles. The highest BCUT2D eigenvalue weighted by Crippen LogP contribution is 2.31. The van der Waals surface area contributed by atoms with Crippen molar-refractivity contribution in [2.75, 3.05) is 4.90 Å². The molecule has 1 amide bonds. The van der Waals surface area contributed by atoms with Gasteiger partial charge in [-0.05, 0) is 18.2 Å². The van der Waals surface area contributed by atoms with Crippen LogP contribution in [0.5, 0.6) is 0 Å². The van der Waals surface area contributed by atoms with Crippen LogP contribution in [0.1, 0.15) is 16.1 Å². The van der Waals surface area contributed by atoms with Crippen LogP contribution in [0, 0.1) is 11.6 Å². The molecule has 1 aromatic carbocycles. The molecule has 0 spiro atoms. The number of halogens is 3. The molecule has 0 saturated heterocycles. The van der Waals surface area contributed by atoms with E-state index in [0.717, 1.165) is 17.0 Å². The molecule has 106 valence electrons. The minimum Gasteiger partial charge on any atom is -0.299 e. The van der Waals surface area contributed by atoms with E-state index in [4.69, 9.17) is 11.6 Å². The van der Waals surface area contributed by atoms with Crippen molar-refractivity contribution < 1.29 is 18.4 Å². The molecule has 1 aromatic heterocycles. The zero-order valence-corrected chi connectivity index (χ0v) is 11.1. The minimum atomic E-state index is -1.18. The van der Waals surface area contributed by atoms with Crippen molar-refractivity contribution in [1.29, 1.82) is 0 Å². The number of carbonyl (C=O) groups excluding carboxylic acids is 2. The zero-order chi connectivity index (χ0) is 15.1. The van der Waals surface area contributed by atoms with Gasteiger partial charge in [0.15, 0.2) is 16.8 Å². The van der Waals surface area contributed by atoms with Crippen LogP contribution in [0.3, 0.4) is 0 Å². The number of amides is 1. The van der Waals surface area contributed by atoms with Gasteiger partial charge in [0.05, 0.1) is 23.5 Å². The molecule has 1 aliphatic rings. The van der Waals surface area contributed by atoms with Gasteiger partial charge in [0, 0.05) is 6.07 Å². The van der Waals surface area contributed by atoms with E-state index in [1.165, 1.54) is 12.1 Å². The van der Waals surface area contributed by atoms with Crippen LogP contribution in [0.2, 0.25) is 5.15 Å². The summed E-state index contributed by atoms with van der Waals surface area (Å²) in [6.45, 7) is -0.0905. The Hall–Kier alpha value is -2.41. The van der Waals surface area contributed by atoms with E-state index in [-0.39, 0.29) is 22.9 Å². The third kappa shape index (κ3) is 2.25. The maximum Gasteiger partial charge on any atom is 0.299 e. The average molecular weight is 310 g/mol. The molecule has 2 aromatic rings. The Morgan fingerprint density at radius 1 is 1.10 bits per heavy atom. The maximum atomic E-state index is 13.3. The summed E-state index contributed by atoms with van der Waals surface area (Å²) >= 11 is 5.60. The summed E-state index contributed by atoms with van der Waals surface area (Å²) in [7, 11) is 0. The quantitative estimate of drug-likeness (QED) is 0.797. The number of aromatic nitrogens is 2. The van der Waals surface area contributed by atoms with E-state index in [2.05, 4.69) is 10.2 Å². The normalized spacial score (nSPS) is 13.8. The van der Waals surface area contributed by atoms with E-state index >= 15 is 0 Å². The minimum absolute atomic E-state index is 0.0145. The Bertz CT molecular complexity index is 765. The lowest BCUT2D eigenvalue weighted by molar-refractivity contribution is -0.114. The van der Waals surface area contributed by atoms with Crippen LogP contribution < -0.4 is 4.90 Å². The molecule has 0 fully saturated rings. The second kappa shape index (κ2) is 4.85. The van der Waals surface area contributed by atoms with Crippen LogP contribution in [0.15, 0.2) is 24.3 Å².